The van der Waals surface area contributed by atoms with Gasteiger partial charge in [-0.25, -0.2) is 0 Å². The third kappa shape index (κ3) is 4.01. The van der Waals surface area contributed by atoms with Crippen LogP contribution >= 0.6 is 0 Å². The van der Waals surface area contributed by atoms with Crippen LogP contribution in [-0.4, -0.2) is 25.8 Å². The Kier molecular flexibility index (Phi) is 6.17. The first-order valence-electron chi connectivity index (χ1n) is 11.0. The predicted octanol–water partition coefficient (Wildman–Crippen LogP) is 4.66. The van der Waals surface area contributed by atoms with Crippen molar-refractivity contribution in [2.45, 2.75) is 51.2 Å². The third-order valence-corrected chi connectivity index (χ3v) is 11.5. The molecule has 31 heavy (non-hydrogen) atoms. The molecule has 162 valence electrons. The van der Waals surface area contributed by atoms with Gasteiger partial charge in [0.15, 0.2) is 6.29 Å². The number of aliphatic hydroxyl groups is 1. The van der Waals surface area contributed by atoms with Crippen LogP contribution in [0.25, 0.3) is 0 Å². The molecule has 1 unspecified atom stereocenters. The monoisotopic (exact) mass is 432 g/mol. The van der Waals surface area contributed by atoms with E-state index in [4.69, 9.17) is 9.16 Å². The molecule has 1 saturated heterocycles. The number of ether oxygens (including phenoxy) is 1. The fourth-order valence-electron chi connectivity index (χ4n) is 4.87. The number of aliphatic hydroxyl groups excluding tert-OH is 1. The van der Waals surface area contributed by atoms with Crippen molar-refractivity contribution >= 4 is 18.7 Å². The van der Waals surface area contributed by atoms with Crippen molar-refractivity contribution in [2.24, 2.45) is 5.92 Å². The maximum atomic E-state index is 11.0. The molecule has 0 bridgehead atoms. The Bertz CT molecular complexity index is 930. The molecule has 0 aromatic heterocycles. The zero-order valence-corrected chi connectivity index (χ0v) is 19.7. The molecular formula is C27H32O3Si. The van der Waals surface area contributed by atoms with E-state index in [1.54, 1.807) is 0 Å². The van der Waals surface area contributed by atoms with Crippen LogP contribution in [0.1, 0.15) is 39.4 Å². The highest BCUT2D eigenvalue weighted by atomic mass is 28.4. The van der Waals surface area contributed by atoms with E-state index in [0.29, 0.717) is 0 Å². The quantitative estimate of drug-likeness (QED) is 0.596. The van der Waals surface area contributed by atoms with E-state index >= 15 is 0 Å². The fourth-order valence-corrected chi connectivity index (χ4v) is 9.62. The van der Waals surface area contributed by atoms with Gasteiger partial charge in [-0.1, -0.05) is 119 Å². The molecule has 4 heteroatoms. The highest BCUT2D eigenvalue weighted by Crippen LogP contribution is 2.44. The summed E-state index contributed by atoms with van der Waals surface area (Å²) in [5.74, 6) is 0.0130. The second-order valence-electron chi connectivity index (χ2n) is 9.46. The van der Waals surface area contributed by atoms with Crippen LogP contribution in [0.4, 0.5) is 0 Å². The van der Waals surface area contributed by atoms with Crippen LogP contribution in [0.3, 0.4) is 0 Å². The number of hydrogen-bond donors (Lipinski definition) is 1. The Morgan fingerprint density at radius 1 is 0.774 bits per heavy atom. The van der Waals surface area contributed by atoms with Crippen LogP contribution in [-0.2, 0) is 9.16 Å². The zero-order valence-electron chi connectivity index (χ0n) is 18.7. The van der Waals surface area contributed by atoms with Crippen molar-refractivity contribution < 1.29 is 14.3 Å². The zero-order chi connectivity index (χ0) is 22.1. The molecule has 4 rings (SSSR count). The van der Waals surface area contributed by atoms with E-state index in [1.165, 1.54) is 10.4 Å². The summed E-state index contributed by atoms with van der Waals surface area (Å²) in [5, 5.41) is 13.2. The number of benzene rings is 3. The summed E-state index contributed by atoms with van der Waals surface area (Å²) in [6.07, 6.45) is -1.59. The average molecular weight is 433 g/mol. The molecule has 1 aliphatic rings. The summed E-state index contributed by atoms with van der Waals surface area (Å²) in [7, 11) is -2.77. The van der Waals surface area contributed by atoms with Gasteiger partial charge in [-0.05, 0) is 21.0 Å². The molecule has 0 amide bonds. The van der Waals surface area contributed by atoms with Gasteiger partial charge in [0, 0.05) is 5.92 Å². The van der Waals surface area contributed by atoms with Crippen LogP contribution in [0.2, 0.25) is 5.04 Å². The summed E-state index contributed by atoms with van der Waals surface area (Å²) in [6, 6.07) is 31.2. The lowest BCUT2D eigenvalue weighted by Gasteiger charge is -2.45. The molecule has 0 aliphatic carbocycles. The maximum absolute atomic E-state index is 11.0. The molecule has 1 heterocycles. The Morgan fingerprint density at radius 2 is 1.23 bits per heavy atom. The van der Waals surface area contributed by atoms with Gasteiger partial charge in [0.25, 0.3) is 8.32 Å². The van der Waals surface area contributed by atoms with Crippen molar-refractivity contribution in [2.75, 3.05) is 0 Å². The van der Waals surface area contributed by atoms with E-state index in [1.807, 2.05) is 30.3 Å². The van der Waals surface area contributed by atoms with Crippen LogP contribution in [0.5, 0.6) is 0 Å². The summed E-state index contributed by atoms with van der Waals surface area (Å²) in [6.45, 7) is 8.87. The Balaban J connectivity index is 1.80. The lowest BCUT2D eigenvalue weighted by molar-refractivity contribution is -0.124. The molecule has 3 aromatic carbocycles. The van der Waals surface area contributed by atoms with Gasteiger partial charge in [-0.3, -0.25) is 0 Å². The molecule has 3 aromatic rings. The minimum absolute atomic E-state index is 0.0130. The van der Waals surface area contributed by atoms with E-state index in [-0.39, 0.29) is 17.1 Å². The highest BCUT2D eigenvalue weighted by Gasteiger charge is 2.55. The van der Waals surface area contributed by atoms with Crippen LogP contribution in [0.15, 0.2) is 91.0 Å². The van der Waals surface area contributed by atoms with Gasteiger partial charge in [-0.15, -0.1) is 0 Å². The Morgan fingerprint density at radius 3 is 1.68 bits per heavy atom. The topological polar surface area (TPSA) is 38.7 Å². The van der Waals surface area contributed by atoms with Crippen LogP contribution in [0, 0.1) is 5.92 Å². The van der Waals surface area contributed by atoms with Crippen molar-refractivity contribution in [3.8, 4) is 0 Å². The third-order valence-electron chi connectivity index (χ3n) is 6.42. The first-order chi connectivity index (χ1) is 14.8. The summed E-state index contributed by atoms with van der Waals surface area (Å²) < 4.78 is 13.2. The SMILES string of the molecule is C[C@@H]1[C@H](c2ccccc2)OC(O)[C@@H]1O[Si](c1ccccc1)(c1ccccc1)C(C)(C)C. The van der Waals surface area contributed by atoms with Crippen molar-refractivity contribution in [3.63, 3.8) is 0 Å². The Labute approximate surface area is 186 Å². The van der Waals surface area contributed by atoms with Crippen molar-refractivity contribution in [1.29, 1.82) is 0 Å². The lowest BCUT2D eigenvalue weighted by atomic mass is 9.95. The average Bonchev–Trinajstić information content (AvgIpc) is 3.06. The molecular weight excluding hydrogens is 400 g/mol. The molecule has 0 saturated carbocycles. The Hall–Kier alpha value is -2.24. The molecule has 4 atom stereocenters. The van der Waals surface area contributed by atoms with Gasteiger partial charge < -0.3 is 14.3 Å². The largest absolute Gasteiger partial charge is 0.399 e. The first-order valence-corrected chi connectivity index (χ1v) is 12.9. The van der Waals surface area contributed by atoms with Crippen LogP contribution < -0.4 is 10.4 Å². The molecule has 1 aliphatic heterocycles. The fraction of sp³-hybridized carbons (Fsp3) is 0.333. The smallest absolute Gasteiger partial charge is 0.261 e. The molecule has 3 nitrogen and oxygen atoms in total. The van der Waals surface area contributed by atoms with Crippen molar-refractivity contribution in [1.82, 2.24) is 0 Å². The van der Waals surface area contributed by atoms with Gasteiger partial charge >= 0.3 is 0 Å². The number of hydrogen-bond acceptors (Lipinski definition) is 3. The minimum Gasteiger partial charge on any atom is -0.399 e. The molecule has 1 N–H and O–H groups in total. The normalized spacial score (nSPS) is 24.3. The molecule has 0 radical (unpaired) electrons. The second-order valence-corrected chi connectivity index (χ2v) is 13.7. The highest BCUT2D eigenvalue weighted by molar-refractivity contribution is 6.99. The van der Waals surface area contributed by atoms with Gasteiger partial charge in [-0.2, -0.15) is 0 Å². The van der Waals surface area contributed by atoms with Gasteiger partial charge in [0.05, 0.1) is 6.10 Å². The second kappa shape index (κ2) is 8.71. The van der Waals surface area contributed by atoms with Crippen molar-refractivity contribution in [3.05, 3.63) is 96.6 Å². The lowest BCUT2D eigenvalue weighted by Crippen LogP contribution is -2.68. The van der Waals surface area contributed by atoms with Gasteiger partial charge in [0.2, 0.25) is 0 Å². The summed E-state index contributed by atoms with van der Waals surface area (Å²) >= 11 is 0. The molecule has 1 fully saturated rings. The predicted molar refractivity (Wildman–Crippen MR) is 128 cm³/mol. The van der Waals surface area contributed by atoms with E-state index in [2.05, 4.69) is 88.4 Å². The van der Waals surface area contributed by atoms with Gasteiger partial charge in [0.1, 0.15) is 6.10 Å². The summed E-state index contributed by atoms with van der Waals surface area (Å²) in [5.41, 5.74) is 1.07. The number of rotatable bonds is 5. The molecule has 0 spiro atoms. The maximum Gasteiger partial charge on any atom is 0.261 e. The minimum atomic E-state index is -2.77. The van der Waals surface area contributed by atoms with E-state index in [9.17, 15) is 5.11 Å². The standard InChI is InChI=1S/C27H32O3Si/c1-20-24(21-14-8-5-9-15-21)29-26(28)25(20)30-31(27(2,3)4,22-16-10-6-11-17-22)23-18-12-7-13-19-23/h5-20,24-26,28H,1-4H3/t20-,24-,25-,26?/m1/s1. The summed E-state index contributed by atoms with van der Waals surface area (Å²) in [4.78, 5) is 0. The van der Waals surface area contributed by atoms with E-state index in [0.717, 1.165) is 5.56 Å². The van der Waals surface area contributed by atoms with E-state index < -0.39 is 20.7 Å². The first kappa shape index (κ1) is 22.0.